The van der Waals surface area contributed by atoms with Gasteiger partial charge in [0.15, 0.2) is 0 Å². The molecule has 0 N–H and O–H groups in total. The van der Waals surface area contributed by atoms with Gasteiger partial charge in [0, 0.05) is 0 Å². The molecule has 0 aromatic carbocycles. The number of aliphatic imine (C=N–C) groups is 1. The van der Waals surface area contributed by atoms with Gasteiger partial charge in [0.05, 0.1) is 0 Å². The number of rotatable bonds is 5. The van der Waals surface area contributed by atoms with Crippen molar-refractivity contribution in [2.24, 2.45) is 4.99 Å². The summed E-state index contributed by atoms with van der Waals surface area (Å²) in [6.45, 7) is 4.45. The Bertz CT molecular complexity index is 154. The summed E-state index contributed by atoms with van der Waals surface area (Å²) in [6.07, 6.45) is 6.90. The summed E-state index contributed by atoms with van der Waals surface area (Å²) in [7, 11) is 0. The maximum absolute atomic E-state index is 4.63. The standard InChI is InChI=1S/C10H19NSe/c1-3-4-5-6-7-10-8-12-9(2)11-10/h10H,3-8H2,1-2H3. The van der Waals surface area contributed by atoms with Gasteiger partial charge < -0.3 is 0 Å². The van der Waals surface area contributed by atoms with Crippen LogP contribution in [0, 0.1) is 0 Å². The van der Waals surface area contributed by atoms with Crippen molar-refractivity contribution in [3.05, 3.63) is 0 Å². The van der Waals surface area contributed by atoms with Crippen LogP contribution in [0.2, 0.25) is 5.32 Å². The van der Waals surface area contributed by atoms with Gasteiger partial charge in [-0.25, -0.2) is 0 Å². The summed E-state index contributed by atoms with van der Waals surface area (Å²) < 4.78 is 1.43. The summed E-state index contributed by atoms with van der Waals surface area (Å²) >= 11 is 0.745. The Hall–Kier alpha value is 0.189. The number of hydrogen-bond donors (Lipinski definition) is 0. The van der Waals surface area contributed by atoms with Crippen LogP contribution in [-0.4, -0.2) is 25.6 Å². The zero-order chi connectivity index (χ0) is 8.81. The van der Waals surface area contributed by atoms with Crippen molar-refractivity contribution in [2.45, 2.75) is 57.3 Å². The van der Waals surface area contributed by atoms with E-state index in [2.05, 4.69) is 18.8 Å². The Labute approximate surface area is 82.2 Å². The fourth-order valence-corrected chi connectivity index (χ4v) is 3.39. The molecule has 70 valence electrons. The third-order valence-electron chi connectivity index (χ3n) is 2.24. The van der Waals surface area contributed by atoms with Crippen molar-refractivity contribution in [3.63, 3.8) is 0 Å². The minimum atomic E-state index is 0.710. The Balaban J connectivity index is 2.01. The van der Waals surface area contributed by atoms with Crippen molar-refractivity contribution in [1.82, 2.24) is 0 Å². The second-order valence-electron chi connectivity index (χ2n) is 3.46. The molecule has 1 rings (SSSR count). The van der Waals surface area contributed by atoms with Crippen LogP contribution in [-0.2, 0) is 0 Å². The van der Waals surface area contributed by atoms with E-state index in [0.29, 0.717) is 6.04 Å². The third-order valence-corrected chi connectivity index (χ3v) is 4.49. The van der Waals surface area contributed by atoms with Gasteiger partial charge in [0.1, 0.15) is 0 Å². The van der Waals surface area contributed by atoms with E-state index in [1.54, 1.807) is 0 Å². The second-order valence-corrected chi connectivity index (χ2v) is 6.01. The predicted octanol–water partition coefficient (Wildman–Crippen LogP) is 2.88. The van der Waals surface area contributed by atoms with E-state index >= 15 is 0 Å². The van der Waals surface area contributed by atoms with E-state index in [0.717, 1.165) is 15.0 Å². The van der Waals surface area contributed by atoms with E-state index in [4.69, 9.17) is 0 Å². The average Bonchev–Trinajstić information content (AvgIpc) is 2.45. The molecule has 1 atom stereocenters. The van der Waals surface area contributed by atoms with Crippen LogP contribution in [0.15, 0.2) is 4.99 Å². The normalized spacial score (nSPS) is 22.8. The molecule has 0 radical (unpaired) electrons. The molecule has 1 heterocycles. The molecule has 0 aromatic rings. The van der Waals surface area contributed by atoms with E-state index in [1.807, 2.05) is 0 Å². The molecule has 1 unspecified atom stereocenters. The van der Waals surface area contributed by atoms with E-state index in [-0.39, 0.29) is 0 Å². The van der Waals surface area contributed by atoms with Crippen LogP contribution in [0.5, 0.6) is 0 Å². The summed E-state index contributed by atoms with van der Waals surface area (Å²) in [4.78, 5) is 4.63. The molecule has 0 amide bonds. The quantitative estimate of drug-likeness (QED) is 0.510. The number of unbranched alkanes of at least 4 members (excludes halogenated alkanes) is 3. The molecule has 0 bridgehead atoms. The monoisotopic (exact) mass is 233 g/mol. The summed E-state index contributed by atoms with van der Waals surface area (Å²) in [6, 6.07) is 0.710. The van der Waals surface area contributed by atoms with Gasteiger partial charge in [-0.15, -0.1) is 0 Å². The Morgan fingerprint density at radius 3 is 2.83 bits per heavy atom. The molecular formula is C10H19NSe. The Morgan fingerprint density at radius 2 is 2.25 bits per heavy atom. The molecule has 0 spiro atoms. The molecule has 1 nitrogen and oxygen atoms in total. The zero-order valence-corrected chi connectivity index (χ0v) is 9.89. The van der Waals surface area contributed by atoms with Crippen LogP contribution in [0.25, 0.3) is 0 Å². The SMILES string of the molecule is CCCCCCC1C[Se]C(C)=N1. The van der Waals surface area contributed by atoms with Gasteiger partial charge in [-0.3, -0.25) is 0 Å². The Morgan fingerprint density at radius 1 is 1.42 bits per heavy atom. The van der Waals surface area contributed by atoms with Crippen LogP contribution in [0.4, 0.5) is 0 Å². The molecule has 0 aliphatic carbocycles. The van der Waals surface area contributed by atoms with E-state index < -0.39 is 0 Å². The number of hydrogen-bond acceptors (Lipinski definition) is 1. The fraction of sp³-hybridized carbons (Fsp3) is 0.900. The van der Waals surface area contributed by atoms with Gasteiger partial charge in [-0.2, -0.15) is 0 Å². The van der Waals surface area contributed by atoms with Crippen molar-refractivity contribution in [2.75, 3.05) is 0 Å². The van der Waals surface area contributed by atoms with Gasteiger partial charge in [-0.1, -0.05) is 0 Å². The Kier molecular flexibility index (Phi) is 4.94. The molecule has 2 heteroatoms. The molecule has 1 aliphatic rings. The molecule has 0 saturated heterocycles. The zero-order valence-electron chi connectivity index (χ0n) is 8.18. The summed E-state index contributed by atoms with van der Waals surface area (Å²) in [5.74, 6) is 0. The van der Waals surface area contributed by atoms with Crippen molar-refractivity contribution >= 4 is 19.6 Å². The fourth-order valence-electron chi connectivity index (χ4n) is 1.50. The minimum absolute atomic E-state index is 0.710. The molecule has 1 aliphatic heterocycles. The van der Waals surface area contributed by atoms with Crippen molar-refractivity contribution in [1.29, 1.82) is 0 Å². The van der Waals surface area contributed by atoms with E-state index in [9.17, 15) is 0 Å². The van der Waals surface area contributed by atoms with Crippen LogP contribution in [0.3, 0.4) is 0 Å². The first-order valence-corrected chi connectivity index (χ1v) is 7.07. The molecule has 0 saturated carbocycles. The maximum atomic E-state index is 4.63. The van der Waals surface area contributed by atoms with Crippen molar-refractivity contribution < 1.29 is 0 Å². The third kappa shape index (κ3) is 3.73. The van der Waals surface area contributed by atoms with E-state index in [1.165, 1.54) is 42.0 Å². The number of nitrogens with zero attached hydrogens (tertiary/aromatic N) is 1. The van der Waals surface area contributed by atoms with Gasteiger partial charge in [0.25, 0.3) is 0 Å². The van der Waals surface area contributed by atoms with Crippen molar-refractivity contribution in [3.8, 4) is 0 Å². The van der Waals surface area contributed by atoms with Crippen LogP contribution >= 0.6 is 0 Å². The summed E-state index contributed by atoms with van der Waals surface area (Å²) in [5.41, 5.74) is 0. The summed E-state index contributed by atoms with van der Waals surface area (Å²) in [5, 5.41) is 1.38. The first-order chi connectivity index (χ1) is 5.83. The predicted molar refractivity (Wildman–Crippen MR) is 56.2 cm³/mol. The topological polar surface area (TPSA) is 12.4 Å². The second kappa shape index (κ2) is 5.77. The molecule has 0 aromatic heterocycles. The van der Waals surface area contributed by atoms with Gasteiger partial charge in [0.2, 0.25) is 0 Å². The molecule has 0 fully saturated rings. The average molecular weight is 232 g/mol. The van der Waals surface area contributed by atoms with Gasteiger partial charge in [-0.05, 0) is 0 Å². The first kappa shape index (κ1) is 10.3. The van der Waals surface area contributed by atoms with Crippen LogP contribution < -0.4 is 0 Å². The first-order valence-electron chi connectivity index (χ1n) is 5.00. The molecule has 12 heavy (non-hydrogen) atoms. The van der Waals surface area contributed by atoms with Gasteiger partial charge >= 0.3 is 81.9 Å². The molecular weight excluding hydrogens is 213 g/mol. The van der Waals surface area contributed by atoms with Crippen LogP contribution in [0.1, 0.15) is 46.0 Å².